The van der Waals surface area contributed by atoms with Crippen LogP contribution in [0.15, 0.2) is 30.5 Å². The Labute approximate surface area is 119 Å². The van der Waals surface area contributed by atoms with Gasteiger partial charge in [-0.05, 0) is 24.8 Å². The van der Waals surface area contributed by atoms with Gasteiger partial charge in [0.2, 0.25) is 0 Å². The Kier molecular flexibility index (Phi) is 3.38. The topological polar surface area (TPSA) is 37.3 Å². The molecule has 1 saturated heterocycles. The second-order valence-corrected chi connectivity index (χ2v) is 5.79. The van der Waals surface area contributed by atoms with Crippen molar-refractivity contribution in [3.05, 3.63) is 30.5 Å². The van der Waals surface area contributed by atoms with E-state index in [0.717, 1.165) is 36.1 Å². The lowest BCUT2D eigenvalue weighted by Crippen LogP contribution is -2.41. The minimum Gasteiger partial charge on any atom is -0.348 e. The molecule has 1 aromatic heterocycles. The highest BCUT2D eigenvalue weighted by molar-refractivity contribution is 6.01. The molecule has 0 bridgehead atoms. The van der Waals surface area contributed by atoms with E-state index in [4.69, 9.17) is 0 Å². The molecule has 2 heterocycles. The number of anilines is 1. The lowest BCUT2D eigenvalue weighted by Gasteiger charge is -2.30. The number of carbonyl (C=O) groups excluding carboxylic acids is 1. The highest BCUT2D eigenvalue weighted by Crippen LogP contribution is 2.25. The van der Waals surface area contributed by atoms with E-state index >= 15 is 0 Å². The fraction of sp³-hybridized carbons (Fsp3) is 0.438. The van der Waals surface area contributed by atoms with E-state index in [2.05, 4.69) is 18.3 Å². The molecule has 1 unspecified atom stereocenters. The van der Waals surface area contributed by atoms with Crippen LogP contribution in [0.3, 0.4) is 0 Å². The predicted molar refractivity (Wildman–Crippen MR) is 81.9 cm³/mol. The zero-order chi connectivity index (χ0) is 14.1. The monoisotopic (exact) mass is 271 g/mol. The highest BCUT2D eigenvalue weighted by atomic mass is 16.2. The number of hydrogen-bond donors (Lipinski definition) is 1. The zero-order valence-corrected chi connectivity index (χ0v) is 12.1. The van der Waals surface area contributed by atoms with Gasteiger partial charge in [0.15, 0.2) is 0 Å². The van der Waals surface area contributed by atoms with E-state index in [1.54, 1.807) is 0 Å². The zero-order valence-electron chi connectivity index (χ0n) is 12.1. The van der Waals surface area contributed by atoms with Crippen LogP contribution in [0.4, 0.5) is 10.5 Å². The Balaban J connectivity index is 1.81. The number of likely N-dealkylation sites (tertiary alicyclic amines) is 1. The second kappa shape index (κ2) is 5.19. The van der Waals surface area contributed by atoms with Gasteiger partial charge in [0, 0.05) is 37.2 Å². The summed E-state index contributed by atoms with van der Waals surface area (Å²) < 4.78 is 2.05. The molecule has 2 amide bonds. The van der Waals surface area contributed by atoms with Crippen molar-refractivity contribution >= 4 is 22.6 Å². The van der Waals surface area contributed by atoms with Crippen molar-refractivity contribution in [3.63, 3.8) is 0 Å². The van der Waals surface area contributed by atoms with E-state index in [-0.39, 0.29) is 6.03 Å². The van der Waals surface area contributed by atoms with Crippen molar-refractivity contribution < 1.29 is 4.79 Å². The molecular formula is C16H21N3O. The maximum absolute atomic E-state index is 12.4. The largest absolute Gasteiger partial charge is 0.348 e. The SMILES string of the molecule is CC1CCCN(C(=O)Nc2cn(C)c3ccccc23)C1. The fourth-order valence-corrected chi connectivity index (χ4v) is 3.01. The molecule has 0 saturated carbocycles. The van der Waals surface area contributed by atoms with Crippen LogP contribution in [0.25, 0.3) is 10.9 Å². The third-order valence-electron chi connectivity index (χ3n) is 4.08. The molecule has 1 aromatic carbocycles. The first-order valence-electron chi connectivity index (χ1n) is 7.25. The molecule has 4 nitrogen and oxygen atoms in total. The van der Waals surface area contributed by atoms with E-state index in [0.29, 0.717) is 5.92 Å². The van der Waals surface area contributed by atoms with Crippen LogP contribution in [0.5, 0.6) is 0 Å². The van der Waals surface area contributed by atoms with Gasteiger partial charge in [-0.25, -0.2) is 4.79 Å². The van der Waals surface area contributed by atoms with Crippen molar-refractivity contribution in [1.82, 2.24) is 9.47 Å². The summed E-state index contributed by atoms with van der Waals surface area (Å²) in [5.74, 6) is 0.599. The van der Waals surface area contributed by atoms with Crippen LogP contribution < -0.4 is 5.32 Å². The van der Waals surface area contributed by atoms with Crippen LogP contribution in [0.1, 0.15) is 19.8 Å². The first kappa shape index (κ1) is 13.0. The molecule has 1 aliphatic heterocycles. The molecule has 0 radical (unpaired) electrons. The summed E-state index contributed by atoms with van der Waals surface area (Å²) in [4.78, 5) is 14.3. The van der Waals surface area contributed by atoms with E-state index in [1.807, 2.05) is 40.9 Å². The number of nitrogens with zero attached hydrogens (tertiary/aromatic N) is 2. The molecule has 20 heavy (non-hydrogen) atoms. The van der Waals surface area contributed by atoms with Crippen molar-refractivity contribution in [2.45, 2.75) is 19.8 Å². The molecule has 0 aliphatic carbocycles. The smallest absolute Gasteiger partial charge is 0.321 e. The molecule has 106 valence electrons. The molecule has 1 fully saturated rings. The Morgan fingerprint density at radius 1 is 1.35 bits per heavy atom. The summed E-state index contributed by atoms with van der Waals surface area (Å²) in [6.07, 6.45) is 4.30. The third kappa shape index (κ3) is 2.38. The number of piperidine rings is 1. The average molecular weight is 271 g/mol. The summed E-state index contributed by atoms with van der Waals surface area (Å²) in [5, 5.41) is 4.15. The number of urea groups is 1. The number of para-hydroxylation sites is 1. The minimum absolute atomic E-state index is 0.0212. The van der Waals surface area contributed by atoms with E-state index in [9.17, 15) is 4.79 Å². The van der Waals surface area contributed by atoms with Crippen LogP contribution in [-0.2, 0) is 7.05 Å². The van der Waals surface area contributed by atoms with Gasteiger partial charge in [-0.15, -0.1) is 0 Å². The predicted octanol–water partition coefficient (Wildman–Crippen LogP) is 3.44. The van der Waals surface area contributed by atoms with Gasteiger partial charge in [0.05, 0.1) is 5.69 Å². The third-order valence-corrected chi connectivity index (χ3v) is 4.08. The van der Waals surface area contributed by atoms with Crippen LogP contribution in [0.2, 0.25) is 0 Å². The van der Waals surface area contributed by atoms with Gasteiger partial charge in [0.25, 0.3) is 0 Å². The number of amides is 2. The van der Waals surface area contributed by atoms with Crippen molar-refractivity contribution in [1.29, 1.82) is 0 Å². The van der Waals surface area contributed by atoms with Gasteiger partial charge < -0.3 is 14.8 Å². The molecular weight excluding hydrogens is 250 g/mol. The summed E-state index contributed by atoms with van der Waals surface area (Å²) in [6, 6.07) is 8.15. The first-order valence-corrected chi connectivity index (χ1v) is 7.25. The fourth-order valence-electron chi connectivity index (χ4n) is 3.01. The Bertz CT molecular complexity index is 632. The summed E-state index contributed by atoms with van der Waals surface area (Å²) in [7, 11) is 2.00. The number of benzene rings is 1. The molecule has 2 aromatic rings. The lowest BCUT2D eigenvalue weighted by atomic mass is 10.0. The maximum Gasteiger partial charge on any atom is 0.321 e. The number of rotatable bonds is 1. The van der Waals surface area contributed by atoms with Crippen molar-refractivity contribution in [3.8, 4) is 0 Å². The van der Waals surface area contributed by atoms with Crippen LogP contribution >= 0.6 is 0 Å². The molecule has 0 spiro atoms. The van der Waals surface area contributed by atoms with Crippen molar-refractivity contribution in [2.75, 3.05) is 18.4 Å². The Hall–Kier alpha value is -1.97. The standard InChI is InChI=1S/C16H21N3O/c1-12-6-5-9-19(10-12)16(20)17-14-11-18(2)15-8-4-3-7-13(14)15/h3-4,7-8,11-12H,5-6,9-10H2,1-2H3,(H,17,20). The Morgan fingerprint density at radius 3 is 2.95 bits per heavy atom. The second-order valence-electron chi connectivity index (χ2n) is 5.79. The van der Waals surface area contributed by atoms with E-state index in [1.165, 1.54) is 6.42 Å². The molecule has 3 rings (SSSR count). The van der Waals surface area contributed by atoms with Gasteiger partial charge >= 0.3 is 6.03 Å². The highest BCUT2D eigenvalue weighted by Gasteiger charge is 2.21. The summed E-state index contributed by atoms with van der Waals surface area (Å²) >= 11 is 0. The summed E-state index contributed by atoms with van der Waals surface area (Å²) in [5.41, 5.74) is 2.03. The number of nitrogens with one attached hydrogen (secondary N) is 1. The van der Waals surface area contributed by atoms with Gasteiger partial charge in [-0.2, -0.15) is 0 Å². The minimum atomic E-state index is 0.0212. The number of fused-ring (bicyclic) bond motifs is 1. The normalized spacial score (nSPS) is 19.3. The lowest BCUT2D eigenvalue weighted by molar-refractivity contribution is 0.182. The van der Waals surface area contributed by atoms with Gasteiger partial charge in [-0.3, -0.25) is 0 Å². The number of aryl methyl sites for hydroxylation is 1. The van der Waals surface area contributed by atoms with E-state index < -0.39 is 0 Å². The number of carbonyl (C=O) groups is 1. The number of hydrogen-bond acceptors (Lipinski definition) is 1. The molecule has 1 N–H and O–H groups in total. The van der Waals surface area contributed by atoms with Gasteiger partial charge in [0.1, 0.15) is 0 Å². The number of aromatic nitrogens is 1. The van der Waals surface area contributed by atoms with Crippen molar-refractivity contribution in [2.24, 2.45) is 13.0 Å². The summed E-state index contributed by atoms with van der Waals surface area (Å²) in [6.45, 7) is 3.93. The maximum atomic E-state index is 12.4. The average Bonchev–Trinajstić information content (AvgIpc) is 2.76. The quantitative estimate of drug-likeness (QED) is 0.847. The Morgan fingerprint density at radius 2 is 2.15 bits per heavy atom. The van der Waals surface area contributed by atoms with Crippen LogP contribution in [0, 0.1) is 5.92 Å². The van der Waals surface area contributed by atoms with Crippen LogP contribution in [-0.4, -0.2) is 28.6 Å². The van der Waals surface area contributed by atoms with Gasteiger partial charge in [-0.1, -0.05) is 25.1 Å². The molecule has 1 aliphatic rings. The molecule has 4 heteroatoms. The molecule has 1 atom stereocenters. The first-order chi connectivity index (χ1) is 9.65.